The lowest BCUT2D eigenvalue weighted by Crippen LogP contribution is -2.40. The van der Waals surface area contributed by atoms with E-state index in [0.29, 0.717) is 4.88 Å². The Morgan fingerprint density at radius 2 is 1.74 bits per heavy atom. The van der Waals surface area contributed by atoms with Crippen LogP contribution in [0.25, 0.3) is 0 Å². The zero-order chi connectivity index (χ0) is 19.9. The second-order valence-corrected chi connectivity index (χ2v) is 8.13. The van der Waals surface area contributed by atoms with E-state index in [4.69, 9.17) is 0 Å². The Kier molecular flexibility index (Phi) is 12.9. The molecule has 4 nitrogen and oxygen atoms in total. The third-order valence-corrected chi connectivity index (χ3v) is 5.57. The monoisotopic (exact) mass is 393 g/mol. The molecule has 27 heavy (non-hydrogen) atoms. The van der Waals surface area contributed by atoms with Gasteiger partial charge in [0, 0.05) is 18.2 Å². The summed E-state index contributed by atoms with van der Waals surface area (Å²) in [6.45, 7) is 3.31. The fraction of sp³-hybridized carbons (Fsp3) is 0.682. The molecule has 0 saturated carbocycles. The smallest absolute Gasteiger partial charge is 0.217 e. The second kappa shape index (κ2) is 14.7. The second-order valence-electron chi connectivity index (χ2n) is 7.02. The van der Waals surface area contributed by atoms with Crippen LogP contribution >= 0.6 is 11.3 Å². The fourth-order valence-electron chi connectivity index (χ4n) is 2.94. The van der Waals surface area contributed by atoms with Crippen molar-refractivity contribution in [3.63, 3.8) is 0 Å². The Morgan fingerprint density at radius 1 is 1.11 bits per heavy atom. The molecule has 0 aliphatic rings. The molecule has 2 unspecified atom stereocenters. The summed E-state index contributed by atoms with van der Waals surface area (Å²) in [4.78, 5) is 12.7. The van der Waals surface area contributed by atoms with Gasteiger partial charge in [-0.15, -0.1) is 11.3 Å². The van der Waals surface area contributed by atoms with Crippen molar-refractivity contribution < 1.29 is 15.0 Å². The van der Waals surface area contributed by atoms with E-state index < -0.39 is 12.1 Å². The normalized spacial score (nSPS) is 12.9. The van der Waals surface area contributed by atoms with Gasteiger partial charge in [-0.3, -0.25) is 4.79 Å². The molecule has 1 rings (SSSR count). The summed E-state index contributed by atoms with van der Waals surface area (Å²) in [6.07, 6.45) is 11.8. The minimum Gasteiger partial charge on any atom is -0.394 e. The fourth-order valence-corrected chi connectivity index (χ4v) is 3.87. The minimum atomic E-state index is -0.920. The molecule has 1 amide bonds. The standard InChI is InChI=1S/C22H35NO3S/c1-3-4-5-6-7-8-9-10-11-12-13-14-19-15-16-21(27-19)22(26)20(17-24)23-18(2)25/h15-16,20,22,24,26H,3-12,17H2,1-2H3,(H,23,25). The van der Waals surface area contributed by atoms with Gasteiger partial charge in [0.1, 0.15) is 6.10 Å². The van der Waals surface area contributed by atoms with E-state index in [2.05, 4.69) is 24.1 Å². The highest BCUT2D eigenvalue weighted by atomic mass is 32.1. The first-order valence-corrected chi connectivity index (χ1v) is 11.0. The van der Waals surface area contributed by atoms with Crippen molar-refractivity contribution in [3.8, 4) is 11.8 Å². The summed E-state index contributed by atoms with van der Waals surface area (Å²) in [5.74, 6) is 6.09. The first kappa shape index (κ1) is 23.7. The van der Waals surface area contributed by atoms with Gasteiger partial charge in [0.15, 0.2) is 0 Å². The number of hydrogen-bond acceptors (Lipinski definition) is 4. The van der Waals surface area contributed by atoms with Crippen LogP contribution in [-0.4, -0.2) is 28.8 Å². The van der Waals surface area contributed by atoms with Gasteiger partial charge in [0.2, 0.25) is 5.91 Å². The summed E-state index contributed by atoms with van der Waals surface area (Å²) < 4.78 is 0. The number of amides is 1. The van der Waals surface area contributed by atoms with Gasteiger partial charge in [0.25, 0.3) is 0 Å². The third kappa shape index (κ3) is 10.5. The molecule has 5 heteroatoms. The number of unbranched alkanes of at least 4 members (excludes halogenated alkanes) is 9. The maximum Gasteiger partial charge on any atom is 0.217 e. The molecule has 0 radical (unpaired) electrons. The first-order chi connectivity index (χ1) is 13.1. The van der Waals surface area contributed by atoms with Gasteiger partial charge in [-0.25, -0.2) is 0 Å². The molecule has 152 valence electrons. The van der Waals surface area contributed by atoms with E-state index in [-0.39, 0.29) is 12.5 Å². The Hall–Kier alpha value is -1.35. The zero-order valence-electron chi connectivity index (χ0n) is 16.8. The van der Waals surface area contributed by atoms with Crippen LogP contribution in [0.15, 0.2) is 12.1 Å². The Bertz CT molecular complexity index is 588. The number of thiophene rings is 1. The van der Waals surface area contributed by atoms with Crippen molar-refractivity contribution >= 4 is 17.2 Å². The molecule has 2 atom stereocenters. The van der Waals surface area contributed by atoms with Crippen LogP contribution in [0.3, 0.4) is 0 Å². The molecule has 0 spiro atoms. The van der Waals surface area contributed by atoms with Crippen LogP contribution in [0.2, 0.25) is 0 Å². The summed E-state index contributed by atoms with van der Waals surface area (Å²) in [5, 5.41) is 22.2. The van der Waals surface area contributed by atoms with E-state index in [9.17, 15) is 15.0 Å². The van der Waals surface area contributed by atoms with Gasteiger partial charge < -0.3 is 15.5 Å². The van der Waals surface area contributed by atoms with E-state index >= 15 is 0 Å². The number of nitrogens with one attached hydrogen (secondary N) is 1. The van der Waals surface area contributed by atoms with Crippen molar-refractivity contribution in [1.29, 1.82) is 0 Å². The molecule has 0 bridgehead atoms. The molecular formula is C22H35NO3S. The van der Waals surface area contributed by atoms with Crippen molar-refractivity contribution in [2.45, 2.75) is 90.2 Å². The van der Waals surface area contributed by atoms with Crippen LogP contribution in [0.1, 0.15) is 93.9 Å². The molecule has 1 aromatic rings. The lowest BCUT2D eigenvalue weighted by Gasteiger charge is -2.20. The molecular weight excluding hydrogens is 358 g/mol. The van der Waals surface area contributed by atoms with Gasteiger partial charge >= 0.3 is 0 Å². The summed E-state index contributed by atoms with van der Waals surface area (Å²) in [7, 11) is 0. The summed E-state index contributed by atoms with van der Waals surface area (Å²) in [6, 6.07) is 3.00. The number of carbonyl (C=O) groups is 1. The Labute approximate surface area is 168 Å². The van der Waals surface area contributed by atoms with Crippen LogP contribution in [0.4, 0.5) is 0 Å². The van der Waals surface area contributed by atoms with Crippen molar-refractivity contribution in [2.75, 3.05) is 6.61 Å². The largest absolute Gasteiger partial charge is 0.394 e. The van der Waals surface area contributed by atoms with E-state index in [1.165, 1.54) is 69.6 Å². The maximum atomic E-state index is 11.1. The summed E-state index contributed by atoms with van der Waals surface area (Å²) >= 11 is 1.41. The van der Waals surface area contributed by atoms with Crippen LogP contribution in [-0.2, 0) is 4.79 Å². The topological polar surface area (TPSA) is 69.6 Å². The highest BCUT2D eigenvalue weighted by Crippen LogP contribution is 2.25. The molecule has 0 fully saturated rings. The zero-order valence-corrected chi connectivity index (χ0v) is 17.6. The number of aliphatic hydroxyl groups excluding tert-OH is 2. The predicted molar refractivity (Wildman–Crippen MR) is 113 cm³/mol. The van der Waals surface area contributed by atoms with E-state index in [0.717, 1.165) is 17.7 Å². The number of rotatable bonds is 13. The molecule has 1 aromatic heterocycles. The average Bonchev–Trinajstić information content (AvgIpc) is 3.12. The van der Waals surface area contributed by atoms with E-state index in [1.54, 1.807) is 0 Å². The van der Waals surface area contributed by atoms with Crippen molar-refractivity contribution in [1.82, 2.24) is 5.32 Å². The van der Waals surface area contributed by atoms with Crippen LogP contribution < -0.4 is 5.32 Å². The van der Waals surface area contributed by atoms with Gasteiger partial charge in [0.05, 0.1) is 17.5 Å². The van der Waals surface area contributed by atoms with Crippen LogP contribution in [0.5, 0.6) is 0 Å². The van der Waals surface area contributed by atoms with Crippen molar-refractivity contribution in [2.24, 2.45) is 0 Å². The third-order valence-electron chi connectivity index (χ3n) is 4.50. The highest BCUT2D eigenvalue weighted by Gasteiger charge is 2.22. The molecule has 1 heterocycles. The average molecular weight is 394 g/mol. The van der Waals surface area contributed by atoms with E-state index in [1.807, 2.05) is 12.1 Å². The number of carbonyl (C=O) groups excluding carboxylic acids is 1. The Morgan fingerprint density at radius 3 is 2.33 bits per heavy atom. The molecule has 0 aliphatic carbocycles. The molecule has 0 aliphatic heterocycles. The molecule has 0 saturated heterocycles. The molecule has 3 N–H and O–H groups in total. The lowest BCUT2D eigenvalue weighted by atomic mass is 10.1. The minimum absolute atomic E-state index is 0.273. The van der Waals surface area contributed by atoms with Gasteiger partial charge in [-0.2, -0.15) is 0 Å². The first-order valence-electron chi connectivity index (χ1n) is 10.2. The molecule has 0 aromatic carbocycles. The quantitative estimate of drug-likeness (QED) is 0.340. The highest BCUT2D eigenvalue weighted by molar-refractivity contribution is 7.12. The predicted octanol–water partition coefficient (Wildman–Crippen LogP) is 4.55. The number of aliphatic hydroxyl groups is 2. The lowest BCUT2D eigenvalue weighted by molar-refractivity contribution is -0.121. The van der Waals surface area contributed by atoms with Crippen LogP contribution in [0, 0.1) is 11.8 Å². The van der Waals surface area contributed by atoms with Crippen molar-refractivity contribution in [3.05, 3.63) is 21.9 Å². The summed E-state index contributed by atoms with van der Waals surface area (Å²) in [5.41, 5.74) is 0. The maximum absolute atomic E-state index is 11.1. The Balaban J connectivity index is 2.26. The van der Waals surface area contributed by atoms with Gasteiger partial charge in [-0.1, -0.05) is 70.1 Å². The number of hydrogen-bond donors (Lipinski definition) is 3. The van der Waals surface area contributed by atoms with Gasteiger partial charge in [-0.05, 0) is 18.6 Å². The SMILES string of the molecule is CCCCCCCCCCCC#Cc1ccc(C(O)C(CO)NC(C)=O)s1.